The van der Waals surface area contributed by atoms with Gasteiger partial charge in [-0.2, -0.15) is 4.31 Å². The molecule has 1 atom stereocenters. The molecule has 0 amide bonds. The number of rotatable bonds is 3. The van der Waals surface area contributed by atoms with E-state index in [1.807, 2.05) is 0 Å². The summed E-state index contributed by atoms with van der Waals surface area (Å²) >= 11 is 5.81. The second-order valence-electron chi connectivity index (χ2n) is 5.72. The van der Waals surface area contributed by atoms with E-state index in [1.54, 1.807) is 4.31 Å². The van der Waals surface area contributed by atoms with Gasteiger partial charge in [-0.15, -0.1) is 0 Å². The van der Waals surface area contributed by atoms with Gasteiger partial charge in [0.2, 0.25) is 10.0 Å². The minimum Gasteiger partial charge on any atom is -0.299 e. The lowest BCUT2D eigenvalue weighted by atomic mass is 10.1. The highest BCUT2D eigenvalue weighted by atomic mass is 35.5. The zero-order chi connectivity index (χ0) is 14.9. The average molecular weight is 330 g/mol. The molecule has 1 aromatic rings. The molecule has 7 heteroatoms. The van der Waals surface area contributed by atoms with Crippen molar-refractivity contribution >= 4 is 21.6 Å². The number of aromatic nitrogens is 1. The van der Waals surface area contributed by atoms with E-state index in [9.17, 15) is 8.42 Å². The van der Waals surface area contributed by atoms with Crippen LogP contribution < -0.4 is 0 Å². The molecule has 0 radical (unpaired) electrons. The van der Waals surface area contributed by atoms with E-state index in [1.165, 1.54) is 37.6 Å². The molecule has 5 nitrogen and oxygen atoms in total. The number of nitrogens with zero attached hydrogens (tertiary/aromatic N) is 3. The molecule has 0 bridgehead atoms. The molecule has 2 aliphatic heterocycles. The van der Waals surface area contributed by atoms with Crippen molar-refractivity contribution in [3.63, 3.8) is 0 Å². The number of pyridine rings is 1. The van der Waals surface area contributed by atoms with Crippen molar-refractivity contribution in [1.29, 1.82) is 0 Å². The SMILES string of the molecule is O=S(=O)(c1ccnc(Cl)c1)N1CCC(N2CCCCC2)C1. The van der Waals surface area contributed by atoms with Crippen molar-refractivity contribution in [1.82, 2.24) is 14.2 Å². The summed E-state index contributed by atoms with van der Waals surface area (Å²) in [6.45, 7) is 3.37. The molecule has 2 fully saturated rings. The summed E-state index contributed by atoms with van der Waals surface area (Å²) in [5.74, 6) is 0. The van der Waals surface area contributed by atoms with Crippen LogP contribution >= 0.6 is 11.6 Å². The predicted octanol–water partition coefficient (Wildman–Crippen LogP) is 1.98. The van der Waals surface area contributed by atoms with E-state index >= 15 is 0 Å². The molecule has 0 aromatic carbocycles. The van der Waals surface area contributed by atoms with Crippen molar-refractivity contribution in [3.05, 3.63) is 23.5 Å². The molecule has 2 saturated heterocycles. The summed E-state index contributed by atoms with van der Waals surface area (Å²) in [6.07, 6.45) is 6.10. The Bertz CT molecular complexity index is 602. The molecule has 21 heavy (non-hydrogen) atoms. The average Bonchev–Trinajstić information content (AvgIpc) is 2.99. The molecule has 3 heterocycles. The zero-order valence-electron chi connectivity index (χ0n) is 11.9. The molecule has 2 aliphatic rings. The lowest BCUT2D eigenvalue weighted by molar-refractivity contribution is 0.169. The number of sulfonamides is 1. The van der Waals surface area contributed by atoms with Crippen LogP contribution in [-0.4, -0.2) is 54.8 Å². The Morgan fingerprint density at radius 1 is 1.19 bits per heavy atom. The minimum atomic E-state index is -3.45. The van der Waals surface area contributed by atoms with Crippen LogP contribution in [0.1, 0.15) is 25.7 Å². The minimum absolute atomic E-state index is 0.211. The molecule has 1 unspecified atom stereocenters. The third kappa shape index (κ3) is 3.23. The fourth-order valence-corrected chi connectivity index (χ4v) is 4.95. The van der Waals surface area contributed by atoms with E-state index in [0.717, 1.165) is 19.5 Å². The van der Waals surface area contributed by atoms with Gasteiger partial charge in [0.1, 0.15) is 5.15 Å². The van der Waals surface area contributed by atoms with E-state index < -0.39 is 10.0 Å². The van der Waals surface area contributed by atoms with Gasteiger partial charge < -0.3 is 0 Å². The first-order valence-corrected chi connectivity index (χ1v) is 9.25. The maximum absolute atomic E-state index is 12.6. The highest BCUT2D eigenvalue weighted by Crippen LogP contribution is 2.26. The third-order valence-electron chi connectivity index (χ3n) is 4.37. The van der Waals surface area contributed by atoms with Crippen molar-refractivity contribution in [3.8, 4) is 0 Å². The zero-order valence-corrected chi connectivity index (χ0v) is 13.5. The van der Waals surface area contributed by atoms with E-state index in [2.05, 4.69) is 9.88 Å². The maximum Gasteiger partial charge on any atom is 0.243 e. The third-order valence-corrected chi connectivity index (χ3v) is 6.44. The number of hydrogen-bond donors (Lipinski definition) is 0. The van der Waals surface area contributed by atoms with Crippen molar-refractivity contribution in [2.45, 2.75) is 36.6 Å². The maximum atomic E-state index is 12.6. The van der Waals surface area contributed by atoms with E-state index in [4.69, 9.17) is 11.6 Å². The summed E-state index contributed by atoms with van der Waals surface area (Å²) in [4.78, 5) is 6.52. The van der Waals surface area contributed by atoms with Crippen LogP contribution in [0.5, 0.6) is 0 Å². The van der Waals surface area contributed by atoms with Gasteiger partial charge in [0.15, 0.2) is 0 Å². The summed E-state index contributed by atoms with van der Waals surface area (Å²) in [6, 6.07) is 3.29. The normalized spacial score (nSPS) is 25.3. The van der Waals surface area contributed by atoms with Crippen LogP contribution in [-0.2, 0) is 10.0 Å². The first-order valence-electron chi connectivity index (χ1n) is 7.43. The van der Waals surface area contributed by atoms with Gasteiger partial charge in [-0.3, -0.25) is 4.90 Å². The van der Waals surface area contributed by atoms with E-state index in [-0.39, 0.29) is 10.0 Å². The van der Waals surface area contributed by atoms with Crippen LogP contribution in [0.15, 0.2) is 23.2 Å². The van der Waals surface area contributed by atoms with Gasteiger partial charge in [0.25, 0.3) is 0 Å². The highest BCUT2D eigenvalue weighted by molar-refractivity contribution is 7.89. The standard InChI is InChI=1S/C14H20ClN3O2S/c15-14-10-13(4-6-16-14)21(19,20)18-9-5-12(11-18)17-7-2-1-3-8-17/h4,6,10,12H,1-3,5,7-9,11H2. The Morgan fingerprint density at radius 3 is 2.67 bits per heavy atom. The fourth-order valence-electron chi connectivity index (χ4n) is 3.20. The van der Waals surface area contributed by atoms with Gasteiger partial charge in [-0.25, -0.2) is 13.4 Å². The van der Waals surface area contributed by atoms with Crippen LogP contribution in [0.25, 0.3) is 0 Å². The summed E-state index contributed by atoms with van der Waals surface area (Å²) in [5, 5.41) is 0.211. The van der Waals surface area contributed by atoms with Crippen molar-refractivity contribution in [2.75, 3.05) is 26.2 Å². The molecular formula is C14H20ClN3O2S. The Morgan fingerprint density at radius 2 is 1.95 bits per heavy atom. The second kappa shape index (κ2) is 6.20. The molecular weight excluding hydrogens is 310 g/mol. The summed E-state index contributed by atoms with van der Waals surface area (Å²) in [7, 11) is -3.45. The van der Waals surface area contributed by atoms with Crippen LogP contribution in [0, 0.1) is 0 Å². The lowest BCUT2D eigenvalue weighted by Gasteiger charge is -2.32. The van der Waals surface area contributed by atoms with Gasteiger partial charge in [0, 0.05) is 25.3 Å². The van der Waals surface area contributed by atoms with Crippen molar-refractivity contribution < 1.29 is 8.42 Å². The van der Waals surface area contributed by atoms with Crippen LogP contribution in [0.3, 0.4) is 0 Å². The van der Waals surface area contributed by atoms with Crippen LogP contribution in [0.2, 0.25) is 5.15 Å². The first kappa shape index (κ1) is 15.2. The summed E-state index contributed by atoms with van der Waals surface area (Å²) < 4.78 is 26.9. The van der Waals surface area contributed by atoms with Gasteiger partial charge >= 0.3 is 0 Å². The molecule has 3 rings (SSSR count). The largest absolute Gasteiger partial charge is 0.299 e. The van der Waals surface area contributed by atoms with Crippen LogP contribution in [0.4, 0.5) is 0 Å². The lowest BCUT2D eigenvalue weighted by Crippen LogP contribution is -2.41. The smallest absolute Gasteiger partial charge is 0.243 e. The number of hydrogen-bond acceptors (Lipinski definition) is 4. The van der Waals surface area contributed by atoms with Crippen molar-refractivity contribution in [2.24, 2.45) is 0 Å². The number of likely N-dealkylation sites (tertiary alicyclic amines) is 1. The Kier molecular flexibility index (Phi) is 4.49. The van der Waals surface area contributed by atoms with Gasteiger partial charge in [0.05, 0.1) is 4.90 Å². The quantitative estimate of drug-likeness (QED) is 0.796. The molecule has 0 N–H and O–H groups in total. The highest BCUT2D eigenvalue weighted by Gasteiger charge is 2.35. The monoisotopic (exact) mass is 329 g/mol. The Labute approximate surface area is 131 Å². The Balaban J connectivity index is 1.72. The predicted molar refractivity (Wildman–Crippen MR) is 81.8 cm³/mol. The Hall–Kier alpha value is -0.690. The fraction of sp³-hybridized carbons (Fsp3) is 0.643. The summed E-state index contributed by atoms with van der Waals surface area (Å²) in [5.41, 5.74) is 0. The molecule has 116 valence electrons. The van der Waals surface area contributed by atoms with Gasteiger partial charge in [-0.1, -0.05) is 18.0 Å². The number of piperidine rings is 1. The topological polar surface area (TPSA) is 53.5 Å². The number of halogens is 1. The molecule has 0 aliphatic carbocycles. The second-order valence-corrected chi connectivity index (χ2v) is 8.04. The van der Waals surface area contributed by atoms with E-state index in [0.29, 0.717) is 19.1 Å². The molecule has 1 aromatic heterocycles. The first-order chi connectivity index (χ1) is 10.1. The molecule has 0 spiro atoms. The van der Waals surface area contributed by atoms with Gasteiger partial charge in [-0.05, 0) is 44.5 Å². The molecule has 0 saturated carbocycles.